The van der Waals surface area contributed by atoms with Crippen LogP contribution in [0.1, 0.15) is 11.1 Å². The molecule has 2 aromatic rings. The molecule has 0 aliphatic carbocycles. The van der Waals surface area contributed by atoms with Gasteiger partial charge in [0.15, 0.2) is 0 Å². The normalized spacial score (nSPS) is 11.6. The van der Waals surface area contributed by atoms with E-state index in [2.05, 4.69) is 0 Å². The van der Waals surface area contributed by atoms with E-state index in [0.29, 0.717) is 18.4 Å². The van der Waals surface area contributed by atoms with E-state index in [1.54, 1.807) is 18.2 Å². The molecule has 2 rings (SSSR count). The molecule has 0 heterocycles. The molecule has 0 amide bonds. The molecule has 0 atom stereocenters. The maximum atomic E-state index is 13.8. The third kappa shape index (κ3) is 3.44. The van der Waals surface area contributed by atoms with Gasteiger partial charge in [-0.2, -0.15) is 0 Å². The molecule has 0 saturated carbocycles. The van der Waals surface area contributed by atoms with E-state index in [1.807, 2.05) is 30.3 Å². The maximum absolute atomic E-state index is 13.8. The second-order valence-corrected chi connectivity index (χ2v) is 5.25. The molecule has 0 unspecified atom stereocenters. The Morgan fingerprint density at radius 1 is 0.800 bits per heavy atom. The van der Waals surface area contributed by atoms with Crippen molar-refractivity contribution in [1.29, 1.82) is 0 Å². The van der Waals surface area contributed by atoms with Crippen LogP contribution in [0.2, 0.25) is 0 Å². The predicted octanol–water partition coefficient (Wildman–Crippen LogP) is 2.58. The van der Waals surface area contributed by atoms with Gasteiger partial charge in [-0.3, -0.25) is 0 Å². The molecule has 2 N–H and O–H groups in total. The second-order valence-electron chi connectivity index (χ2n) is 5.25. The summed E-state index contributed by atoms with van der Waals surface area (Å²) in [5.74, 6) is -0.299. The summed E-state index contributed by atoms with van der Waals surface area (Å²) < 4.78 is 13.8. The van der Waals surface area contributed by atoms with E-state index < -0.39 is 5.41 Å². The van der Waals surface area contributed by atoms with E-state index in [9.17, 15) is 14.6 Å². The molecular formula is C17H19FO2. The first-order valence-corrected chi connectivity index (χ1v) is 6.68. The lowest BCUT2D eigenvalue weighted by atomic mass is 9.78. The van der Waals surface area contributed by atoms with Crippen molar-refractivity contribution in [2.24, 2.45) is 5.41 Å². The fraction of sp³-hybridized carbons (Fsp3) is 0.294. The van der Waals surface area contributed by atoms with Crippen LogP contribution in [0.3, 0.4) is 0 Å². The highest BCUT2D eigenvalue weighted by molar-refractivity contribution is 5.22. The summed E-state index contributed by atoms with van der Waals surface area (Å²) in [6, 6.07) is 16.1. The predicted molar refractivity (Wildman–Crippen MR) is 76.9 cm³/mol. The average Bonchev–Trinajstić information content (AvgIpc) is 2.50. The van der Waals surface area contributed by atoms with Crippen molar-refractivity contribution >= 4 is 0 Å². The van der Waals surface area contributed by atoms with Crippen LogP contribution in [0, 0.1) is 11.2 Å². The first kappa shape index (κ1) is 14.7. The number of benzene rings is 2. The van der Waals surface area contributed by atoms with Gasteiger partial charge in [-0.25, -0.2) is 4.39 Å². The minimum absolute atomic E-state index is 0.188. The summed E-state index contributed by atoms with van der Waals surface area (Å²) in [7, 11) is 0. The van der Waals surface area contributed by atoms with Crippen LogP contribution in [0.15, 0.2) is 54.6 Å². The molecule has 3 heteroatoms. The van der Waals surface area contributed by atoms with Gasteiger partial charge in [0.25, 0.3) is 0 Å². The van der Waals surface area contributed by atoms with Gasteiger partial charge in [0.2, 0.25) is 0 Å². The highest BCUT2D eigenvalue weighted by Crippen LogP contribution is 2.28. The fourth-order valence-electron chi connectivity index (χ4n) is 2.41. The Hall–Kier alpha value is -1.71. The molecule has 0 bridgehead atoms. The number of aliphatic hydroxyl groups excluding tert-OH is 2. The van der Waals surface area contributed by atoms with Gasteiger partial charge in [0.05, 0.1) is 13.2 Å². The van der Waals surface area contributed by atoms with Gasteiger partial charge in [-0.15, -0.1) is 0 Å². The van der Waals surface area contributed by atoms with Crippen LogP contribution >= 0.6 is 0 Å². The van der Waals surface area contributed by atoms with E-state index >= 15 is 0 Å². The van der Waals surface area contributed by atoms with Gasteiger partial charge >= 0.3 is 0 Å². The zero-order valence-corrected chi connectivity index (χ0v) is 11.3. The second kappa shape index (κ2) is 6.64. The van der Waals surface area contributed by atoms with Gasteiger partial charge in [0, 0.05) is 5.41 Å². The lowest BCUT2D eigenvalue weighted by Crippen LogP contribution is -2.35. The number of aliphatic hydroxyl groups is 2. The molecule has 106 valence electrons. The van der Waals surface area contributed by atoms with Crippen molar-refractivity contribution in [3.8, 4) is 0 Å². The third-order valence-corrected chi connectivity index (χ3v) is 3.62. The Kier molecular flexibility index (Phi) is 4.88. The highest BCUT2D eigenvalue weighted by Gasteiger charge is 2.30. The number of hydrogen-bond donors (Lipinski definition) is 2. The lowest BCUT2D eigenvalue weighted by Gasteiger charge is -2.30. The maximum Gasteiger partial charge on any atom is 0.126 e. The number of hydrogen-bond acceptors (Lipinski definition) is 2. The minimum Gasteiger partial charge on any atom is -0.396 e. The molecule has 20 heavy (non-hydrogen) atoms. The minimum atomic E-state index is -0.746. The molecule has 0 fully saturated rings. The first-order chi connectivity index (χ1) is 9.69. The summed E-state index contributed by atoms with van der Waals surface area (Å²) in [5.41, 5.74) is 0.794. The summed E-state index contributed by atoms with van der Waals surface area (Å²) in [4.78, 5) is 0. The molecule has 0 aliphatic rings. The Labute approximate surface area is 118 Å². The van der Waals surface area contributed by atoms with Crippen molar-refractivity contribution < 1.29 is 14.6 Å². The highest BCUT2D eigenvalue weighted by atomic mass is 19.1. The Balaban J connectivity index is 2.23. The van der Waals surface area contributed by atoms with Gasteiger partial charge < -0.3 is 10.2 Å². The average molecular weight is 274 g/mol. The molecule has 0 radical (unpaired) electrons. The summed E-state index contributed by atoms with van der Waals surface area (Å²) >= 11 is 0. The van der Waals surface area contributed by atoms with Crippen LogP contribution < -0.4 is 0 Å². The van der Waals surface area contributed by atoms with Crippen LogP contribution in [-0.4, -0.2) is 23.4 Å². The monoisotopic (exact) mass is 274 g/mol. The first-order valence-electron chi connectivity index (χ1n) is 6.68. The van der Waals surface area contributed by atoms with Gasteiger partial charge in [-0.1, -0.05) is 48.5 Å². The molecule has 0 spiro atoms. The smallest absolute Gasteiger partial charge is 0.126 e. The number of rotatable bonds is 6. The Morgan fingerprint density at radius 3 is 2.00 bits per heavy atom. The van der Waals surface area contributed by atoms with E-state index in [0.717, 1.165) is 5.56 Å². The zero-order valence-electron chi connectivity index (χ0n) is 11.3. The molecule has 2 aromatic carbocycles. The molecule has 0 aromatic heterocycles. The standard InChI is InChI=1S/C17H19FO2/c18-16-9-5-4-8-15(16)11-17(12-19,13-20)10-14-6-2-1-3-7-14/h1-9,19-20H,10-13H2. The van der Waals surface area contributed by atoms with Crippen molar-refractivity contribution in [2.45, 2.75) is 12.8 Å². The quantitative estimate of drug-likeness (QED) is 0.850. The topological polar surface area (TPSA) is 40.5 Å². The Morgan fingerprint density at radius 2 is 1.40 bits per heavy atom. The van der Waals surface area contributed by atoms with Crippen molar-refractivity contribution in [1.82, 2.24) is 0 Å². The molecular weight excluding hydrogens is 255 g/mol. The number of halogens is 1. The molecule has 2 nitrogen and oxygen atoms in total. The largest absolute Gasteiger partial charge is 0.396 e. The van der Waals surface area contributed by atoms with Gasteiger partial charge in [-0.05, 0) is 30.0 Å². The zero-order chi connectivity index (χ0) is 14.4. The van der Waals surface area contributed by atoms with Crippen molar-refractivity contribution in [2.75, 3.05) is 13.2 Å². The summed E-state index contributed by atoms with van der Waals surface area (Å²) in [5, 5.41) is 19.4. The van der Waals surface area contributed by atoms with Crippen LogP contribution in [-0.2, 0) is 12.8 Å². The van der Waals surface area contributed by atoms with E-state index in [-0.39, 0.29) is 19.0 Å². The van der Waals surface area contributed by atoms with Gasteiger partial charge in [0.1, 0.15) is 5.82 Å². The van der Waals surface area contributed by atoms with Crippen LogP contribution in [0.5, 0.6) is 0 Å². The Bertz CT molecular complexity index is 536. The van der Waals surface area contributed by atoms with Crippen molar-refractivity contribution in [3.63, 3.8) is 0 Å². The fourth-order valence-corrected chi connectivity index (χ4v) is 2.41. The SMILES string of the molecule is OCC(CO)(Cc1ccccc1)Cc1ccccc1F. The van der Waals surface area contributed by atoms with Crippen molar-refractivity contribution in [3.05, 3.63) is 71.5 Å². The van der Waals surface area contributed by atoms with E-state index in [4.69, 9.17) is 0 Å². The molecule has 0 aliphatic heterocycles. The van der Waals surface area contributed by atoms with Crippen LogP contribution in [0.4, 0.5) is 4.39 Å². The van der Waals surface area contributed by atoms with E-state index in [1.165, 1.54) is 6.07 Å². The van der Waals surface area contributed by atoms with Crippen LogP contribution in [0.25, 0.3) is 0 Å². The summed E-state index contributed by atoms with van der Waals surface area (Å²) in [6.07, 6.45) is 0.816. The summed E-state index contributed by atoms with van der Waals surface area (Å²) in [6.45, 7) is -0.376. The lowest BCUT2D eigenvalue weighted by molar-refractivity contribution is 0.0541. The molecule has 0 saturated heterocycles. The third-order valence-electron chi connectivity index (χ3n) is 3.62.